The molecule has 5 nitrogen and oxygen atoms in total. The van der Waals surface area contributed by atoms with Crippen LogP contribution in [0.5, 0.6) is 5.75 Å². The zero-order valence-corrected chi connectivity index (χ0v) is 18.0. The van der Waals surface area contributed by atoms with Crippen molar-refractivity contribution in [2.45, 2.75) is 6.61 Å². The standard InChI is InChI=1S/C20H16BrIN2O3/c1-2-9-24-19(25)17(23-20(24)26)11-14-5-8-18(16(22)10-14)27-12-13-3-6-15(21)7-4-13/h2-8,10-11H,1,9,12H2,(H,23,26)/b17-11+. The van der Waals surface area contributed by atoms with Gasteiger partial charge in [0.25, 0.3) is 5.91 Å². The van der Waals surface area contributed by atoms with Gasteiger partial charge in [0.15, 0.2) is 0 Å². The molecule has 0 atom stereocenters. The van der Waals surface area contributed by atoms with E-state index in [0.717, 1.165) is 29.8 Å². The Morgan fingerprint density at radius 2 is 1.93 bits per heavy atom. The second kappa shape index (κ2) is 8.71. The highest BCUT2D eigenvalue weighted by Crippen LogP contribution is 2.25. The lowest BCUT2D eigenvalue weighted by atomic mass is 10.2. The minimum absolute atomic E-state index is 0.183. The van der Waals surface area contributed by atoms with Crippen LogP contribution in [0.25, 0.3) is 6.08 Å². The van der Waals surface area contributed by atoms with Gasteiger partial charge in [-0.15, -0.1) is 6.58 Å². The lowest BCUT2D eigenvalue weighted by Crippen LogP contribution is -2.30. The summed E-state index contributed by atoms with van der Waals surface area (Å²) < 4.78 is 7.82. The number of carbonyl (C=O) groups is 2. The first kappa shape index (κ1) is 19.6. The summed E-state index contributed by atoms with van der Waals surface area (Å²) in [5.74, 6) is 0.404. The fourth-order valence-electron chi connectivity index (χ4n) is 2.50. The van der Waals surface area contributed by atoms with Crippen LogP contribution in [0.15, 0.2) is 65.3 Å². The number of imide groups is 1. The van der Waals surface area contributed by atoms with Gasteiger partial charge in [0.2, 0.25) is 0 Å². The van der Waals surface area contributed by atoms with Gasteiger partial charge in [-0.3, -0.25) is 9.69 Å². The van der Waals surface area contributed by atoms with Crippen LogP contribution in [0.1, 0.15) is 11.1 Å². The quantitative estimate of drug-likeness (QED) is 0.251. The maximum absolute atomic E-state index is 12.2. The van der Waals surface area contributed by atoms with Crippen LogP contribution in [0, 0.1) is 3.57 Å². The van der Waals surface area contributed by atoms with E-state index in [1.165, 1.54) is 6.08 Å². The van der Waals surface area contributed by atoms with Crippen LogP contribution in [-0.2, 0) is 11.4 Å². The molecule has 27 heavy (non-hydrogen) atoms. The molecule has 1 heterocycles. The number of carbonyl (C=O) groups excluding carboxylic acids is 2. The van der Waals surface area contributed by atoms with Gasteiger partial charge in [-0.05, 0) is 64.1 Å². The number of nitrogens with one attached hydrogen (secondary N) is 1. The van der Waals surface area contributed by atoms with E-state index in [-0.39, 0.29) is 18.1 Å². The maximum Gasteiger partial charge on any atom is 0.329 e. The normalized spacial score (nSPS) is 15.2. The summed E-state index contributed by atoms with van der Waals surface area (Å²) in [6.07, 6.45) is 3.17. The molecule has 1 aliphatic rings. The average molecular weight is 539 g/mol. The number of benzene rings is 2. The van der Waals surface area contributed by atoms with Gasteiger partial charge in [-0.1, -0.05) is 40.2 Å². The summed E-state index contributed by atoms with van der Waals surface area (Å²) >= 11 is 5.60. The molecule has 1 aliphatic heterocycles. The number of amides is 3. The highest BCUT2D eigenvalue weighted by molar-refractivity contribution is 14.1. The number of urea groups is 1. The summed E-state index contributed by atoms with van der Waals surface area (Å²) in [6, 6.07) is 13.1. The second-order valence-corrected chi connectivity index (χ2v) is 7.88. The predicted octanol–water partition coefficient (Wildman–Crippen LogP) is 4.71. The van der Waals surface area contributed by atoms with Crippen molar-refractivity contribution in [1.82, 2.24) is 10.2 Å². The fourth-order valence-corrected chi connectivity index (χ4v) is 3.46. The fraction of sp³-hybridized carbons (Fsp3) is 0.100. The SMILES string of the molecule is C=CCN1C(=O)N/C(=C/c2ccc(OCc3ccc(Br)cc3)c(I)c2)C1=O. The van der Waals surface area contributed by atoms with Gasteiger partial charge in [-0.2, -0.15) is 0 Å². The Morgan fingerprint density at radius 3 is 2.59 bits per heavy atom. The Morgan fingerprint density at radius 1 is 1.19 bits per heavy atom. The van der Waals surface area contributed by atoms with Crippen LogP contribution in [0.2, 0.25) is 0 Å². The minimum Gasteiger partial charge on any atom is -0.488 e. The van der Waals surface area contributed by atoms with Gasteiger partial charge in [0.05, 0.1) is 3.57 Å². The van der Waals surface area contributed by atoms with E-state index in [2.05, 4.69) is 50.4 Å². The summed E-state index contributed by atoms with van der Waals surface area (Å²) in [5.41, 5.74) is 2.13. The van der Waals surface area contributed by atoms with Crippen LogP contribution in [0.3, 0.4) is 0 Å². The molecule has 0 saturated carbocycles. The Bertz CT molecular complexity index is 925. The number of ether oxygens (including phenoxy) is 1. The van der Waals surface area contributed by atoms with Crippen LogP contribution in [-0.4, -0.2) is 23.4 Å². The molecule has 0 bridgehead atoms. The van der Waals surface area contributed by atoms with Crippen LogP contribution in [0.4, 0.5) is 4.79 Å². The monoisotopic (exact) mass is 538 g/mol. The Labute approximate surface area is 179 Å². The first-order valence-corrected chi connectivity index (χ1v) is 9.97. The maximum atomic E-state index is 12.2. The predicted molar refractivity (Wildman–Crippen MR) is 116 cm³/mol. The molecule has 0 spiro atoms. The Kier molecular flexibility index (Phi) is 6.33. The molecule has 7 heteroatoms. The molecule has 3 amide bonds. The molecule has 1 N–H and O–H groups in total. The number of rotatable bonds is 6. The largest absolute Gasteiger partial charge is 0.488 e. The Balaban J connectivity index is 1.71. The van der Waals surface area contributed by atoms with Gasteiger partial charge in [0.1, 0.15) is 18.1 Å². The molecule has 2 aromatic carbocycles. The molecule has 1 saturated heterocycles. The van der Waals surface area contributed by atoms with Crippen molar-refractivity contribution >= 4 is 56.5 Å². The zero-order chi connectivity index (χ0) is 19.4. The zero-order valence-electron chi connectivity index (χ0n) is 14.2. The van der Waals surface area contributed by atoms with E-state index in [1.807, 2.05) is 42.5 Å². The molecule has 0 unspecified atom stereocenters. The highest BCUT2D eigenvalue weighted by Gasteiger charge is 2.32. The molecule has 0 aromatic heterocycles. The minimum atomic E-state index is -0.435. The summed E-state index contributed by atoms with van der Waals surface area (Å²) in [7, 11) is 0. The lowest BCUT2D eigenvalue weighted by Gasteiger charge is -2.09. The topological polar surface area (TPSA) is 58.6 Å². The van der Waals surface area contributed by atoms with E-state index < -0.39 is 6.03 Å². The van der Waals surface area contributed by atoms with Crippen molar-refractivity contribution in [2.75, 3.05) is 6.54 Å². The highest BCUT2D eigenvalue weighted by atomic mass is 127. The Hall–Kier alpha value is -2.13. The molecule has 3 rings (SSSR count). The van der Waals surface area contributed by atoms with Crippen molar-refractivity contribution in [3.8, 4) is 5.75 Å². The van der Waals surface area contributed by atoms with Crippen molar-refractivity contribution in [1.29, 1.82) is 0 Å². The average Bonchev–Trinajstić information content (AvgIpc) is 2.90. The van der Waals surface area contributed by atoms with E-state index in [4.69, 9.17) is 4.74 Å². The molecule has 0 aliphatic carbocycles. The van der Waals surface area contributed by atoms with E-state index in [9.17, 15) is 9.59 Å². The van der Waals surface area contributed by atoms with Crippen molar-refractivity contribution in [3.05, 3.63) is 80.0 Å². The molecule has 2 aromatic rings. The van der Waals surface area contributed by atoms with E-state index in [0.29, 0.717) is 6.61 Å². The number of hydrogen-bond acceptors (Lipinski definition) is 3. The first-order chi connectivity index (χ1) is 13.0. The van der Waals surface area contributed by atoms with Crippen LogP contribution >= 0.6 is 38.5 Å². The van der Waals surface area contributed by atoms with Gasteiger partial charge in [-0.25, -0.2) is 4.79 Å². The molecular weight excluding hydrogens is 523 g/mol. The first-order valence-electron chi connectivity index (χ1n) is 8.10. The van der Waals surface area contributed by atoms with Gasteiger partial charge in [0, 0.05) is 11.0 Å². The molecule has 138 valence electrons. The smallest absolute Gasteiger partial charge is 0.329 e. The van der Waals surface area contributed by atoms with E-state index >= 15 is 0 Å². The number of halogens is 2. The van der Waals surface area contributed by atoms with Gasteiger partial charge < -0.3 is 10.1 Å². The molecule has 0 radical (unpaired) electrons. The summed E-state index contributed by atoms with van der Waals surface area (Å²) in [5, 5.41) is 2.59. The van der Waals surface area contributed by atoms with Crippen molar-refractivity contribution in [3.63, 3.8) is 0 Å². The molecule has 1 fully saturated rings. The number of nitrogens with zero attached hydrogens (tertiary/aromatic N) is 1. The van der Waals surface area contributed by atoms with E-state index in [1.54, 1.807) is 6.08 Å². The second-order valence-electron chi connectivity index (χ2n) is 5.80. The number of hydrogen-bond donors (Lipinski definition) is 1. The van der Waals surface area contributed by atoms with Crippen LogP contribution < -0.4 is 10.1 Å². The third-order valence-corrected chi connectivity index (χ3v) is 5.22. The third kappa shape index (κ3) is 4.78. The van der Waals surface area contributed by atoms with Gasteiger partial charge >= 0.3 is 6.03 Å². The van der Waals surface area contributed by atoms with Crippen molar-refractivity contribution < 1.29 is 14.3 Å². The molecular formula is C20H16BrIN2O3. The third-order valence-electron chi connectivity index (χ3n) is 3.85. The summed E-state index contributed by atoms with van der Waals surface area (Å²) in [6.45, 7) is 4.21. The van der Waals surface area contributed by atoms with Crippen molar-refractivity contribution in [2.24, 2.45) is 0 Å². The lowest BCUT2D eigenvalue weighted by molar-refractivity contribution is -0.122. The summed E-state index contributed by atoms with van der Waals surface area (Å²) in [4.78, 5) is 25.2.